The lowest BCUT2D eigenvalue weighted by Crippen LogP contribution is -2.12. The first-order chi connectivity index (χ1) is 8.77. The minimum absolute atomic E-state index is 0.355. The zero-order valence-electron chi connectivity index (χ0n) is 11.0. The van der Waals surface area contributed by atoms with Crippen LogP contribution in [0.4, 0.5) is 4.39 Å². The summed E-state index contributed by atoms with van der Waals surface area (Å²) in [7, 11) is 1.79. The Morgan fingerprint density at radius 2 is 2.17 bits per heavy atom. The van der Waals surface area contributed by atoms with Crippen LogP contribution in [0.2, 0.25) is 0 Å². The Bertz CT molecular complexity index is 348. The Morgan fingerprint density at radius 3 is 2.89 bits per heavy atom. The SMILES string of the molecule is CCCCOCCOc1ncc(F)cc1CNC. The number of halogens is 1. The summed E-state index contributed by atoms with van der Waals surface area (Å²) in [4.78, 5) is 3.94. The molecule has 18 heavy (non-hydrogen) atoms. The zero-order valence-corrected chi connectivity index (χ0v) is 11.0. The highest BCUT2D eigenvalue weighted by Gasteiger charge is 2.06. The van der Waals surface area contributed by atoms with Gasteiger partial charge in [0.15, 0.2) is 0 Å². The van der Waals surface area contributed by atoms with E-state index in [4.69, 9.17) is 9.47 Å². The molecule has 1 rings (SSSR count). The van der Waals surface area contributed by atoms with Gasteiger partial charge in [-0.15, -0.1) is 0 Å². The molecule has 0 bridgehead atoms. The van der Waals surface area contributed by atoms with Crippen LogP contribution in [-0.4, -0.2) is 31.9 Å². The number of aromatic nitrogens is 1. The normalized spacial score (nSPS) is 10.6. The van der Waals surface area contributed by atoms with Gasteiger partial charge < -0.3 is 14.8 Å². The molecule has 0 atom stereocenters. The molecule has 1 aromatic heterocycles. The maximum atomic E-state index is 13.0. The fourth-order valence-corrected chi connectivity index (χ4v) is 1.46. The second-order valence-electron chi connectivity index (χ2n) is 3.96. The first-order valence-corrected chi connectivity index (χ1v) is 6.27. The lowest BCUT2D eigenvalue weighted by Gasteiger charge is -2.10. The molecule has 0 aliphatic heterocycles. The van der Waals surface area contributed by atoms with E-state index in [1.165, 1.54) is 6.07 Å². The third-order valence-electron chi connectivity index (χ3n) is 2.37. The summed E-state index contributed by atoms with van der Waals surface area (Å²) in [6, 6.07) is 1.43. The third-order valence-corrected chi connectivity index (χ3v) is 2.37. The molecule has 1 N–H and O–H groups in total. The number of hydrogen-bond acceptors (Lipinski definition) is 4. The highest BCUT2D eigenvalue weighted by atomic mass is 19.1. The van der Waals surface area contributed by atoms with Gasteiger partial charge in [0.25, 0.3) is 0 Å². The zero-order chi connectivity index (χ0) is 13.2. The van der Waals surface area contributed by atoms with Gasteiger partial charge in [-0.1, -0.05) is 13.3 Å². The van der Waals surface area contributed by atoms with Crippen molar-refractivity contribution in [1.82, 2.24) is 10.3 Å². The van der Waals surface area contributed by atoms with Crippen LogP contribution in [0.25, 0.3) is 0 Å². The van der Waals surface area contributed by atoms with Crippen molar-refractivity contribution >= 4 is 0 Å². The van der Waals surface area contributed by atoms with Gasteiger partial charge in [-0.05, 0) is 19.5 Å². The Hall–Kier alpha value is -1.20. The van der Waals surface area contributed by atoms with E-state index in [1.54, 1.807) is 7.05 Å². The van der Waals surface area contributed by atoms with Crippen molar-refractivity contribution in [2.45, 2.75) is 26.3 Å². The highest BCUT2D eigenvalue weighted by molar-refractivity contribution is 5.25. The van der Waals surface area contributed by atoms with Gasteiger partial charge >= 0.3 is 0 Å². The standard InChI is InChI=1S/C13H21FN2O2/c1-3-4-5-17-6-7-18-13-11(9-15-2)8-12(14)10-16-13/h8,10,15H,3-7,9H2,1-2H3. The van der Waals surface area contributed by atoms with Gasteiger partial charge in [0.2, 0.25) is 5.88 Å². The first-order valence-electron chi connectivity index (χ1n) is 6.27. The van der Waals surface area contributed by atoms with E-state index in [1.807, 2.05) is 0 Å². The summed E-state index contributed by atoms with van der Waals surface area (Å²) in [5.74, 6) is 0.108. The second kappa shape index (κ2) is 8.83. The van der Waals surface area contributed by atoms with E-state index in [2.05, 4.69) is 17.2 Å². The number of hydrogen-bond donors (Lipinski definition) is 1. The van der Waals surface area contributed by atoms with E-state index in [9.17, 15) is 4.39 Å². The Balaban J connectivity index is 2.36. The van der Waals surface area contributed by atoms with Crippen molar-refractivity contribution in [3.05, 3.63) is 23.6 Å². The maximum Gasteiger partial charge on any atom is 0.218 e. The van der Waals surface area contributed by atoms with Gasteiger partial charge in [0.1, 0.15) is 12.4 Å². The predicted molar refractivity (Wildman–Crippen MR) is 68.2 cm³/mol. The second-order valence-corrected chi connectivity index (χ2v) is 3.96. The largest absolute Gasteiger partial charge is 0.475 e. The van der Waals surface area contributed by atoms with Crippen molar-refractivity contribution < 1.29 is 13.9 Å². The van der Waals surface area contributed by atoms with Crippen molar-refractivity contribution in [1.29, 1.82) is 0 Å². The summed E-state index contributed by atoms with van der Waals surface area (Å²) in [5.41, 5.74) is 0.714. The number of rotatable bonds is 9. The molecule has 0 saturated heterocycles. The highest BCUT2D eigenvalue weighted by Crippen LogP contribution is 2.15. The lowest BCUT2D eigenvalue weighted by molar-refractivity contribution is 0.0960. The number of pyridine rings is 1. The number of unbranched alkanes of at least 4 members (excludes halogenated alkanes) is 1. The van der Waals surface area contributed by atoms with Crippen LogP contribution < -0.4 is 10.1 Å². The molecule has 0 aromatic carbocycles. The van der Waals surface area contributed by atoms with Gasteiger partial charge in [-0.25, -0.2) is 9.37 Å². The molecule has 0 saturated carbocycles. The van der Waals surface area contributed by atoms with Gasteiger partial charge in [-0.3, -0.25) is 0 Å². The number of nitrogens with zero attached hydrogens (tertiary/aromatic N) is 1. The minimum atomic E-state index is -0.355. The number of ether oxygens (including phenoxy) is 2. The fraction of sp³-hybridized carbons (Fsp3) is 0.615. The molecule has 1 aromatic rings. The van der Waals surface area contributed by atoms with E-state index in [0.717, 1.165) is 25.6 Å². The van der Waals surface area contributed by atoms with Crippen LogP contribution in [0, 0.1) is 5.82 Å². The summed E-state index contributed by atoms with van der Waals surface area (Å²) in [6.45, 7) is 4.35. The fourth-order valence-electron chi connectivity index (χ4n) is 1.46. The molecular formula is C13H21FN2O2. The van der Waals surface area contributed by atoms with Crippen LogP contribution >= 0.6 is 0 Å². The van der Waals surface area contributed by atoms with Crippen LogP contribution in [0.3, 0.4) is 0 Å². The van der Waals surface area contributed by atoms with Crippen molar-refractivity contribution in [3.8, 4) is 5.88 Å². The topological polar surface area (TPSA) is 43.4 Å². The Kier molecular flexibility index (Phi) is 7.29. The predicted octanol–water partition coefficient (Wildman–Crippen LogP) is 2.14. The molecule has 102 valence electrons. The Labute approximate surface area is 108 Å². The van der Waals surface area contributed by atoms with Crippen LogP contribution in [0.1, 0.15) is 25.3 Å². The van der Waals surface area contributed by atoms with E-state index >= 15 is 0 Å². The summed E-state index contributed by atoms with van der Waals surface area (Å²) in [6.07, 6.45) is 3.33. The lowest BCUT2D eigenvalue weighted by atomic mass is 10.2. The van der Waals surface area contributed by atoms with Crippen LogP contribution in [0.5, 0.6) is 5.88 Å². The summed E-state index contributed by atoms with van der Waals surface area (Å²) >= 11 is 0. The average Bonchev–Trinajstić information content (AvgIpc) is 2.36. The molecule has 0 spiro atoms. The van der Waals surface area contributed by atoms with Crippen LogP contribution in [-0.2, 0) is 11.3 Å². The van der Waals surface area contributed by atoms with Gasteiger partial charge in [0, 0.05) is 18.7 Å². The molecule has 0 aliphatic carbocycles. The van der Waals surface area contributed by atoms with E-state index in [-0.39, 0.29) is 5.82 Å². The van der Waals surface area contributed by atoms with E-state index < -0.39 is 0 Å². The molecule has 4 nitrogen and oxygen atoms in total. The molecule has 5 heteroatoms. The molecule has 0 amide bonds. The summed E-state index contributed by atoms with van der Waals surface area (Å²) < 4.78 is 23.9. The average molecular weight is 256 g/mol. The van der Waals surface area contributed by atoms with Gasteiger partial charge in [0.05, 0.1) is 12.8 Å². The number of nitrogens with one attached hydrogen (secondary N) is 1. The first kappa shape index (κ1) is 14.9. The monoisotopic (exact) mass is 256 g/mol. The van der Waals surface area contributed by atoms with E-state index in [0.29, 0.717) is 31.2 Å². The molecule has 0 radical (unpaired) electrons. The smallest absolute Gasteiger partial charge is 0.218 e. The van der Waals surface area contributed by atoms with Crippen LogP contribution in [0.15, 0.2) is 12.3 Å². The summed E-state index contributed by atoms with van der Waals surface area (Å²) in [5, 5.41) is 2.95. The van der Waals surface area contributed by atoms with Gasteiger partial charge in [-0.2, -0.15) is 0 Å². The Morgan fingerprint density at radius 1 is 1.33 bits per heavy atom. The molecular weight excluding hydrogens is 235 g/mol. The quantitative estimate of drug-likeness (QED) is 0.687. The van der Waals surface area contributed by atoms with Crippen molar-refractivity contribution in [2.24, 2.45) is 0 Å². The molecule has 0 unspecified atom stereocenters. The molecule has 0 fully saturated rings. The minimum Gasteiger partial charge on any atom is -0.475 e. The molecule has 1 heterocycles. The van der Waals surface area contributed by atoms with Crippen molar-refractivity contribution in [2.75, 3.05) is 26.9 Å². The third kappa shape index (κ3) is 5.42. The maximum absolute atomic E-state index is 13.0. The van der Waals surface area contributed by atoms with Crippen molar-refractivity contribution in [3.63, 3.8) is 0 Å². The molecule has 0 aliphatic rings.